The number of rotatable bonds is 5. The monoisotopic (exact) mass is 391 g/mol. The van der Waals surface area contributed by atoms with Gasteiger partial charge in [-0.1, -0.05) is 24.3 Å². The molecule has 0 fully saturated rings. The molecule has 0 aliphatic carbocycles. The van der Waals surface area contributed by atoms with E-state index in [0.717, 1.165) is 23.5 Å². The number of primary sulfonamides is 1. The molecular weight excluding hydrogens is 370 g/mol. The molecule has 3 rings (SSSR count). The summed E-state index contributed by atoms with van der Waals surface area (Å²) in [6.07, 6.45) is 0. The molecule has 2 aromatic rings. The van der Waals surface area contributed by atoms with Crippen LogP contribution in [0.2, 0.25) is 0 Å². The summed E-state index contributed by atoms with van der Waals surface area (Å²) < 4.78 is 22.6. The number of carbonyl (C=O) groups excluding carboxylic acids is 1. The van der Waals surface area contributed by atoms with Crippen molar-refractivity contribution in [1.82, 2.24) is 5.32 Å². The van der Waals surface area contributed by atoms with Gasteiger partial charge >= 0.3 is 0 Å². The van der Waals surface area contributed by atoms with Crippen molar-refractivity contribution in [3.05, 3.63) is 54.1 Å². The largest absolute Gasteiger partial charge is 0.360 e. The maximum atomic E-state index is 12.5. The molecule has 138 valence electrons. The third kappa shape index (κ3) is 4.38. The quantitative estimate of drug-likeness (QED) is 0.814. The number of nitrogens with one attached hydrogen (secondary N) is 1. The van der Waals surface area contributed by atoms with Gasteiger partial charge in [-0.25, -0.2) is 13.6 Å². The van der Waals surface area contributed by atoms with Crippen LogP contribution in [0.3, 0.4) is 0 Å². The molecule has 1 atom stereocenters. The molecule has 0 aromatic heterocycles. The van der Waals surface area contributed by atoms with Crippen molar-refractivity contribution in [3.8, 4) is 0 Å². The highest BCUT2D eigenvalue weighted by Gasteiger charge is 2.20. The molecule has 0 bridgehead atoms. The standard InChI is InChI=1S/C18H21N3O3S2/c1-13(14-6-8-15(9-7-14)26(19,23)24)20-18(22)12-21-10-11-25-17-5-3-2-4-16(17)21/h2-9,13H,10-12H2,1H3,(H,20,22)(H2,19,23,24)/t13-/m0/s1. The topological polar surface area (TPSA) is 92.5 Å². The fourth-order valence-corrected chi connectivity index (χ4v) is 4.45. The zero-order chi connectivity index (χ0) is 18.7. The first kappa shape index (κ1) is 18.8. The van der Waals surface area contributed by atoms with E-state index in [0.29, 0.717) is 0 Å². The van der Waals surface area contributed by atoms with Crippen molar-refractivity contribution >= 4 is 33.4 Å². The second-order valence-electron chi connectivity index (χ2n) is 6.14. The number of amides is 1. The summed E-state index contributed by atoms with van der Waals surface area (Å²) in [4.78, 5) is 15.8. The Morgan fingerprint density at radius 3 is 2.62 bits per heavy atom. The third-order valence-corrected chi connectivity index (χ3v) is 6.22. The Morgan fingerprint density at radius 1 is 1.23 bits per heavy atom. The molecule has 1 aliphatic heterocycles. The smallest absolute Gasteiger partial charge is 0.239 e. The van der Waals surface area contributed by atoms with Gasteiger partial charge in [-0.15, -0.1) is 11.8 Å². The summed E-state index contributed by atoms with van der Waals surface area (Å²) in [5.41, 5.74) is 1.91. The zero-order valence-corrected chi connectivity index (χ0v) is 16.0. The minimum Gasteiger partial charge on any atom is -0.360 e. The number of nitrogens with zero attached hydrogens (tertiary/aromatic N) is 1. The van der Waals surface area contributed by atoms with Crippen molar-refractivity contribution < 1.29 is 13.2 Å². The second kappa shape index (κ2) is 7.69. The number of carbonyl (C=O) groups is 1. The molecule has 0 spiro atoms. The van der Waals surface area contributed by atoms with Crippen molar-refractivity contribution in [2.24, 2.45) is 5.14 Å². The highest BCUT2D eigenvalue weighted by atomic mass is 32.2. The van der Waals surface area contributed by atoms with E-state index in [1.807, 2.05) is 25.1 Å². The molecule has 1 heterocycles. The van der Waals surface area contributed by atoms with E-state index in [1.54, 1.807) is 23.9 Å². The predicted molar refractivity (Wildman–Crippen MR) is 104 cm³/mol. The minimum absolute atomic E-state index is 0.0576. The molecule has 2 aromatic carbocycles. The number of fused-ring (bicyclic) bond motifs is 1. The van der Waals surface area contributed by atoms with Crippen LogP contribution >= 0.6 is 11.8 Å². The number of para-hydroxylation sites is 1. The Kier molecular flexibility index (Phi) is 5.55. The molecule has 26 heavy (non-hydrogen) atoms. The lowest BCUT2D eigenvalue weighted by molar-refractivity contribution is -0.120. The molecule has 1 amide bonds. The summed E-state index contributed by atoms with van der Waals surface area (Å²) in [5.74, 6) is 0.879. The number of thioether (sulfide) groups is 1. The first-order valence-electron chi connectivity index (χ1n) is 8.23. The maximum Gasteiger partial charge on any atom is 0.239 e. The third-order valence-electron chi connectivity index (χ3n) is 4.25. The average molecular weight is 392 g/mol. The maximum absolute atomic E-state index is 12.5. The number of hydrogen-bond acceptors (Lipinski definition) is 5. The van der Waals surface area contributed by atoms with Crippen LogP contribution in [-0.2, 0) is 14.8 Å². The van der Waals surface area contributed by atoms with Crippen LogP contribution in [0.1, 0.15) is 18.5 Å². The van der Waals surface area contributed by atoms with Crippen LogP contribution in [0, 0.1) is 0 Å². The van der Waals surface area contributed by atoms with Gasteiger partial charge in [-0.2, -0.15) is 0 Å². The first-order valence-corrected chi connectivity index (χ1v) is 10.8. The van der Waals surface area contributed by atoms with Gasteiger partial charge in [0, 0.05) is 17.2 Å². The van der Waals surface area contributed by atoms with Crippen LogP contribution in [0.5, 0.6) is 0 Å². The van der Waals surface area contributed by atoms with E-state index < -0.39 is 10.0 Å². The normalized spacial score (nSPS) is 15.2. The Labute approximate surface area is 157 Å². The van der Waals surface area contributed by atoms with E-state index in [1.165, 1.54) is 17.0 Å². The van der Waals surface area contributed by atoms with Crippen molar-refractivity contribution in [1.29, 1.82) is 0 Å². The predicted octanol–water partition coefficient (Wildman–Crippen LogP) is 2.12. The second-order valence-corrected chi connectivity index (χ2v) is 8.84. The first-order chi connectivity index (χ1) is 12.3. The highest BCUT2D eigenvalue weighted by molar-refractivity contribution is 7.99. The molecule has 0 radical (unpaired) electrons. The van der Waals surface area contributed by atoms with E-state index in [-0.39, 0.29) is 23.4 Å². The minimum atomic E-state index is -3.71. The zero-order valence-electron chi connectivity index (χ0n) is 14.4. The molecule has 0 saturated carbocycles. The van der Waals surface area contributed by atoms with Crippen LogP contribution in [-0.4, -0.2) is 33.2 Å². The highest BCUT2D eigenvalue weighted by Crippen LogP contribution is 2.34. The molecule has 0 saturated heterocycles. The van der Waals surface area contributed by atoms with Gasteiger partial charge < -0.3 is 10.2 Å². The van der Waals surface area contributed by atoms with Crippen molar-refractivity contribution in [2.45, 2.75) is 22.8 Å². The van der Waals surface area contributed by atoms with Gasteiger partial charge in [0.05, 0.1) is 23.2 Å². The molecule has 1 aliphatic rings. The van der Waals surface area contributed by atoms with Crippen molar-refractivity contribution in [2.75, 3.05) is 23.7 Å². The van der Waals surface area contributed by atoms with E-state index in [2.05, 4.69) is 16.3 Å². The van der Waals surface area contributed by atoms with E-state index in [4.69, 9.17) is 5.14 Å². The Morgan fingerprint density at radius 2 is 1.92 bits per heavy atom. The molecule has 0 unspecified atom stereocenters. The lowest BCUT2D eigenvalue weighted by Crippen LogP contribution is -2.40. The lowest BCUT2D eigenvalue weighted by Gasteiger charge is -2.30. The summed E-state index contributed by atoms with van der Waals surface area (Å²) in [5, 5.41) is 8.07. The van der Waals surface area contributed by atoms with Gasteiger partial charge in [0.2, 0.25) is 15.9 Å². The summed E-state index contributed by atoms with van der Waals surface area (Å²) in [7, 11) is -3.71. The van der Waals surface area contributed by atoms with E-state index >= 15 is 0 Å². The SMILES string of the molecule is C[C@H](NC(=O)CN1CCSc2ccccc21)c1ccc(S(N)(=O)=O)cc1. The van der Waals surface area contributed by atoms with Gasteiger partial charge in [0.25, 0.3) is 0 Å². The fourth-order valence-electron chi connectivity index (χ4n) is 2.88. The summed E-state index contributed by atoms with van der Waals surface area (Å²) in [6, 6.07) is 14.1. The Bertz CT molecular complexity index is 898. The fraction of sp³-hybridized carbons (Fsp3) is 0.278. The van der Waals surface area contributed by atoms with Crippen LogP contribution < -0.4 is 15.4 Å². The number of benzene rings is 2. The van der Waals surface area contributed by atoms with Crippen molar-refractivity contribution in [3.63, 3.8) is 0 Å². The summed E-state index contributed by atoms with van der Waals surface area (Å²) in [6.45, 7) is 2.98. The number of hydrogen-bond donors (Lipinski definition) is 2. The number of anilines is 1. The Hall–Kier alpha value is -2.03. The van der Waals surface area contributed by atoms with E-state index in [9.17, 15) is 13.2 Å². The molecule has 3 N–H and O–H groups in total. The van der Waals surface area contributed by atoms with Crippen LogP contribution in [0.15, 0.2) is 58.3 Å². The van der Waals surface area contributed by atoms with Crippen LogP contribution in [0.4, 0.5) is 5.69 Å². The average Bonchev–Trinajstić information content (AvgIpc) is 2.61. The lowest BCUT2D eigenvalue weighted by atomic mass is 10.1. The Balaban J connectivity index is 1.63. The summed E-state index contributed by atoms with van der Waals surface area (Å²) >= 11 is 1.80. The van der Waals surface area contributed by atoms with Gasteiger partial charge in [-0.05, 0) is 36.8 Å². The van der Waals surface area contributed by atoms with Gasteiger partial charge in [0.1, 0.15) is 0 Å². The van der Waals surface area contributed by atoms with Gasteiger partial charge in [0.15, 0.2) is 0 Å². The number of nitrogens with two attached hydrogens (primary N) is 1. The van der Waals surface area contributed by atoms with Crippen LogP contribution in [0.25, 0.3) is 0 Å². The molecule has 8 heteroatoms. The molecule has 6 nitrogen and oxygen atoms in total. The van der Waals surface area contributed by atoms with Gasteiger partial charge in [-0.3, -0.25) is 4.79 Å². The number of sulfonamides is 1. The molecular formula is C18H21N3O3S2.